The van der Waals surface area contributed by atoms with E-state index in [-0.39, 0.29) is 29.2 Å². The van der Waals surface area contributed by atoms with Crippen molar-refractivity contribution in [3.63, 3.8) is 0 Å². The number of alkyl halides is 3. The predicted molar refractivity (Wildman–Crippen MR) is 161 cm³/mol. The van der Waals surface area contributed by atoms with Crippen LogP contribution in [0, 0.1) is 20.8 Å². The van der Waals surface area contributed by atoms with Gasteiger partial charge in [-0.1, -0.05) is 39.8 Å². The lowest BCUT2D eigenvalue weighted by Crippen LogP contribution is -2.03. The minimum Gasteiger partial charge on any atom is -0.346 e. The first-order valence-corrected chi connectivity index (χ1v) is 16.7. The van der Waals surface area contributed by atoms with Gasteiger partial charge in [0.1, 0.15) is 0 Å². The molecule has 3 saturated heterocycles. The molecular formula is C31H33F3O6S3. The largest absolute Gasteiger partial charge is 0.446 e. The summed E-state index contributed by atoms with van der Waals surface area (Å²) in [5.41, 5.74) is 1.87. The summed E-state index contributed by atoms with van der Waals surface area (Å²) < 4.78 is 70.0. The van der Waals surface area contributed by atoms with Gasteiger partial charge in [0.05, 0.1) is 39.6 Å². The van der Waals surface area contributed by atoms with Gasteiger partial charge in [-0.05, 0) is 85.6 Å². The summed E-state index contributed by atoms with van der Waals surface area (Å²) in [4.78, 5) is 2.52. The number of ether oxygens (including phenoxy) is 6. The molecule has 0 aromatic heterocycles. The van der Waals surface area contributed by atoms with Crippen molar-refractivity contribution in [2.75, 3.05) is 39.6 Å². The summed E-state index contributed by atoms with van der Waals surface area (Å²) in [6, 6.07) is 17.5. The minimum atomic E-state index is -4.27. The molecular weight excluding hydrogens is 622 g/mol. The van der Waals surface area contributed by atoms with Gasteiger partial charge in [0.2, 0.25) is 0 Å². The molecule has 0 radical (unpaired) electrons. The predicted octanol–water partition coefficient (Wildman–Crippen LogP) is 8.85. The van der Waals surface area contributed by atoms with Crippen molar-refractivity contribution in [2.24, 2.45) is 0 Å². The van der Waals surface area contributed by atoms with Crippen LogP contribution in [0.5, 0.6) is 0 Å². The molecule has 0 spiro atoms. The molecule has 3 aliphatic heterocycles. The fraction of sp³-hybridized carbons (Fsp3) is 0.419. The van der Waals surface area contributed by atoms with Crippen LogP contribution in [-0.4, -0.2) is 45.1 Å². The highest BCUT2D eigenvalue weighted by atomic mass is 33.1. The number of halogens is 3. The fourth-order valence-electron chi connectivity index (χ4n) is 4.63. The van der Waals surface area contributed by atoms with Gasteiger partial charge in [-0.3, -0.25) is 0 Å². The maximum Gasteiger partial charge on any atom is 0.446 e. The second kappa shape index (κ2) is 15.0. The number of hydrogen-bond donors (Lipinski definition) is 0. The Kier molecular flexibility index (Phi) is 11.4. The van der Waals surface area contributed by atoms with Crippen molar-refractivity contribution >= 4 is 33.3 Å². The van der Waals surface area contributed by atoms with Crippen LogP contribution in [0.3, 0.4) is 0 Å². The molecule has 232 valence electrons. The lowest BCUT2D eigenvalue weighted by molar-refractivity contribution is -0.0449. The van der Waals surface area contributed by atoms with Crippen LogP contribution in [0.25, 0.3) is 0 Å². The molecule has 0 bridgehead atoms. The molecule has 0 N–H and O–H groups in total. The summed E-state index contributed by atoms with van der Waals surface area (Å²) in [5, 5.41) is 0. The van der Waals surface area contributed by atoms with Crippen LogP contribution in [0.1, 0.15) is 52.3 Å². The fourth-order valence-corrected chi connectivity index (χ4v) is 7.21. The molecule has 3 aromatic rings. The smallest absolute Gasteiger partial charge is 0.346 e. The Morgan fingerprint density at radius 3 is 1.14 bits per heavy atom. The normalized spacial score (nSPS) is 18.3. The Hall–Kier alpha value is -1.74. The topological polar surface area (TPSA) is 55.4 Å². The van der Waals surface area contributed by atoms with Gasteiger partial charge in [-0.25, -0.2) is 0 Å². The lowest BCUT2D eigenvalue weighted by atomic mass is 10.1. The lowest BCUT2D eigenvalue weighted by Gasteiger charge is -2.15. The summed E-state index contributed by atoms with van der Waals surface area (Å²) >= 11 is -0.129. The van der Waals surface area contributed by atoms with Crippen LogP contribution in [0.15, 0.2) is 69.3 Å². The molecule has 6 rings (SSSR count). The van der Waals surface area contributed by atoms with Gasteiger partial charge < -0.3 is 28.4 Å². The van der Waals surface area contributed by atoms with E-state index in [1.54, 1.807) is 27.7 Å². The highest BCUT2D eigenvalue weighted by Crippen LogP contribution is 2.41. The highest BCUT2D eigenvalue weighted by Gasteiger charge is 2.30. The van der Waals surface area contributed by atoms with E-state index in [0.29, 0.717) is 45.2 Å². The maximum atomic E-state index is 12.3. The number of benzene rings is 3. The minimum absolute atomic E-state index is 0.129. The van der Waals surface area contributed by atoms with Crippen LogP contribution in [0.4, 0.5) is 13.2 Å². The standard InChI is InChI=1S/C20H22O4S2.C11H11F3O2S/c1-13-3-5-15(11-17(13)19-21-7-8-22-19)25-26-16-6-4-14(2)18(12-16)20-23-9-10-24-20;1-7-2-3-8(17-11(12,13)14)6-9(7)10-15-4-5-16-10/h3-6,11-12,19-20H,7-10H2,1-2H3;2-3,6,10H,4-5H2,1H3. The molecule has 3 fully saturated rings. The van der Waals surface area contributed by atoms with Crippen molar-refractivity contribution in [3.8, 4) is 0 Å². The van der Waals surface area contributed by atoms with Crippen molar-refractivity contribution in [2.45, 2.75) is 59.8 Å². The third-order valence-electron chi connectivity index (χ3n) is 6.85. The molecule has 0 aliphatic carbocycles. The second-order valence-electron chi connectivity index (χ2n) is 9.99. The van der Waals surface area contributed by atoms with Crippen molar-refractivity contribution < 1.29 is 41.6 Å². The zero-order valence-electron chi connectivity index (χ0n) is 24.0. The Morgan fingerprint density at radius 1 is 0.512 bits per heavy atom. The van der Waals surface area contributed by atoms with Crippen molar-refractivity contribution in [3.05, 3.63) is 88.0 Å². The van der Waals surface area contributed by atoms with Gasteiger partial charge in [-0.15, -0.1) is 0 Å². The van der Waals surface area contributed by atoms with Crippen LogP contribution in [-0.2, 0) is 28.4 Å². The summed E-state index contributed by atoms with van der Waals surface area (Å²) in [6.07, 6.45) is -1.00. The Labute approximate surface area is 261 Å². The van der Waals surface area contributed by atoms with E-state index in [2.05, 4.69) is 50.2 Å². The summed E-state index contributed by atoms with van der Waals surface area (Å²) in [5.74, 6) is 0. The molecule has 43 heavy (non-hydrogen) atoms. The first-order chi connectivity index (χ1) is 20.7. The highest BCUT2D eigenvalue weighted by molar-refractivity contribution is 8.76. The van der Waals surface area contributed by atoms with Gasteiger partial charge in [0, 0.05) is 31.4 Å². The van der Waals surface area contributed by atoms with Gasteiger partial charge in [0.15, 0.2) is 18.9 Å². The third-order valence-corrected chi connectivity index (χ3v) is 9.95. The molecule has 0 saturated carbocycles. The summed E-state index contributed by atoms with van der Waals surface area (Å²) in [6.45, 7) is 9.60. The zero-order chi connectivity index (χ0) is 30.4. The monoisotopic (exact) mass is 654 g/mol. The maximum absolute atomic E-state index is 12.3. The van der Waals surface area contributed by atoms with Crippen molar-refractivity contribution in [1.82, 2.24) is 0 Å². The van der Waals surface area contributed by atoms with E-state index in [1.165, 1.54) is 33.1 Å². The van der Waals surface area contributed by atoms with Gasteiger partial charge in [-0.2, -0.15) is 13.2 Å². The number of aryl methyl sites for hydroxylation is 3. The average Bonchev–Trinajstić information content (AvgIpc) is 3.78. The van der Waals surface area contributed by atoms with Gasteiger partial charge >= 0.3 is 5.51 Å². The van der Waals surface area contributed by atoms with E-state index in [9.17, 15) is 13.2 Å². The van der Waals surface area contributed by atoms with Crippen molar-refractivity contribution in [1.29, 1.82) is 0 Å². The first-order valence-electron chi connectivity index (χ1n) is 13.8. The van der Waals surface area contributed by atoms with E-state index in [1.807, 2.05) is 6.92 Å². The third kappa shape index (κ3) is 9.15. The average molecular weight is 655 g/mol. The molecule has 0 unspecified atom stereocenters. The number of rotatable bonds is 7. The first kappa shape index (κ1) is 32.6. The summed E-state index contributed by atoms with van der Waals surface area (Å²) in [7, 11) is 3.47. The number of hydrogen-bond acceptors (Lipinski definition) is 9. The van der Waals surface area contributed by atoms with Gasteiger partial charge in [0.25, 0.3) is 0 Å². The second-order valence-corrected chi connectivity index (χ2v) is 13.4. The Bertz CT molecular complexity index is 1310. The molecule has 3 aliphatic rings. The molecule has 3 aromatic carbocycles. The van der Waals surface area contributed by atoms with E-state index in [4.69, 9.17) is 28.4 Å². The molecule has 6 nitrogen and oxygen atoms in total. The van der Waals surface area contributed by atoms with Crippen LogP contribution < -0.4 is 0 Å². The SMILES string of the molecule is Cc1ccc(SC(F)(F)F)cc1C1OCCO1.Cc1ccc(SSc2ccc(C)c(C3OCCO3)c2)cc1C1OCCO1. The van der Waals surface area contributed by atoms with E-state index < -0.39 is 11.8 Å². The molecule has 12 heteroatoms. The van der Waals surface area contributed by atoms with E-state index in [0.717, 1.165) is 16.7 Å². The quantitative estimate of drug-likeness (QED) is 0.184. The molecule has 0 atom stereocenters. The Morgan fingerprint density at radius 2 is 0.814 bits per heavy atom. The van der Waals surface area contributed by atoms with E-state index >= 15 is 0 Å². The van der Waals surface area contributed by atoms with Crippen LogP contribution in [0.2, 0.25) is 0 Å². The molecule has 3 heterocycles. The van der Waals surface area contributed by atoms with Crippen LogP contribution >= 0.6 is 33.3 Å². The Balaban J connectivity index is 0.000000188. The number of thioether (sulfide) groups is 1. The zero-order valence-corrected chi connectivity index (χ0v) is 26.4. The molecule has 0 amide bonds.